The van der Waals surface area contributed by atoms with Crippen LogP contribution in [-0.4, -0.2) is 31.7 Å². The summed E-state index contributed by atoms with van der Waals surface area (Å²) in [7, 11) is 1.47. The first-order valence-electron chi connectivity index (χ1n) is 8.05. The van der Waals surface area contributed by atoms with E-state index in [1.165, 1.54) is 13.5 Å². The average molecular weight is 319 g/mol. The highest BCUT2D eigenvalue weighted by Crippen LogP contribution is 2.24. The molecule has 23 heavy (non-hydrogen) atoms. The fourth-order valence-electron chi connectivity index (χ4n) is 2.87. The molecule has 126 valence electrons. The standard InChI is InChI=1S/C17H25N3O3/c1-12-6-3-4-9-15(12)20-17(22)19-14-8-5-7-13(10-14)18-16(21)11-23-2/h5,7-8,10,12,15H,3-4,6,9,11H2,1-2H3,(H,18,21)(H2,19,20,22)/t12-,15+/m1/s1. The Bertz CT molecular complexity index is 548. The molecule has 0 unspecified atom stereocenters. The largest absolute Gasteiger partial charge is 0.375 e. The molecular formula is C17H25N3O3. The number of ether oxygens (including phenoxy) is 1. The van der Waals surface area contributed by atoms with Gasteiger partial charge in [0.05, 0.1) is 0 Å². The van der Waals surface area contributed by atoms with Crippen LogP contribution >= 0.6 is 0 Å². The van der Waals surface area contributed by atoms with Crippen molar-refractivity contribution in [3.05, 3.63) is 24.3 Å². The highest BCUT2D eigenvalue weighted by molar-refractivity contribution is 5.94. The molecule has 1 aliphatic rings. The number of nitrogens with one attached hydrogen (secondary N) is 3. The van der Waals surface area contributed by atoms with Crippen LogP contribution in [0.3, 0.4) is 0 Å². The summed E-state index contributed by atoms with van der Waals surface area (Å²) in [4.78, 5) is 23.6. The zero-order valence-electron chi connectivity index (χ0n) is 13.7. The Morgan fingerprint density at radius 3 is 2.57 bits per heavy atom. The summed E-state index contributed by atoms with van der Waals surface area (Å²) in [5, 5.41) is 8.57. The maximum absolute atomic E-state index is 12.1. The van der Waals surface area contributed by atoms with Gasteiger partial charge in [-0.05, 0) is 37.0 Å². The number of amides is 3. The fourth-order valence-corrected chi connectivity index (χ4v) is 2.87. The van der Waals surface area contributed by atoms with Gasteiger partial charge in [0.2, 0.25) is 5.91 Å². The van der Waals surface area contributed by atoms with Gasteiger partial charge in [0.15, 0.2) is 0 Å². The van der Waals surface area contributed by atoms with Gasteiger partial charge in [0, 0.05) is 24.5 Å². The van der Waals surface area contributed by atoms with E-state index in [0.29, 0.717) is 17.3 Å². The third-order valence-electron chi connectivity index (χ3n) is 4.11. The van der Waals surface area contributed by atoms with Crippen molar-refractivity contribution < 1.29 is 14.3 Å². The average Bonchev–Trinajstić information content (AvgIpc) is 2.50. The van der Waals surface area contributed by atoms with Crippen LogP contribution in [0, 0.1) is 5.92 Å². The third kappa shape index (κ3) is 5.56. The predicted octanol–water partition coefficient (Wildman–Crippen LogP) is 2.97. The highest BCUT2D eigenvalue weighted by atomic mass is 16.5. The molecular weight excluding hydrogens is 294 g/mol. The lowest BCUT2D eigenvalue weighted by molar-refractivity contribution is -0.119. The molecule has 1 aromatic rings. The summed E-state index contributed by atoms with van der Waals surface area (Å²) in [6.07, 6.45) is 4.59. The van der Waals surface area contributed by atoms with E-state index < -0.39 is 0 Å². The van der Waals surface area contributed by atoms with Crippen LogP contribution in [0.2, 0.25) is 0 Å². The molecule has 0 spiro atoms. The SMILES string of the molecule is COCC(=O)Nc1cccc(NC(=O)N[C@H]2CCCC[C@H]2C)c1. The van der Waals surface area contributed by atoms with Crippen molar-refractivity contribution in [2.24, 2.45) is 5.92 Å². The van der Waals surface area contributed by atoms with E-state index in [-0.39, 0.29) is 24.6 Å². The minimum absolute atomic E-state index is 0.00227. The van der Waals surface area contributed by atoms with Crippen molar-refractivity contribution in [3.8, 4) is 0 Å². The van der Waals surface area contributed by atoms with E-state index in [1.54, 1.807) is 24.3 Å². The highest BCUT2D eigenvalue weighted by Gasteiger charge is 2.22. The van der Waals surface area contributed by atoms with Crippen LogP contribution in [0.15, 0.2) is 24.3 Å². The first-order chi connectivity index (χ1) is 11.1. The Hall–Kier alpha value is -2.08. The zero-order valence-corrected chi connectivity index (χ0v) is 13.7. The minimum Gasteiger partial charge on any atom is -0.375 e. The molecule has 6 nitrogen and oxygen atoms in total. The molecule has 1 aromatic carbocycles. The van der Waals surface area contributed by atoms with Crippen molar-refractivity contribution in [2.75, 3.05) is 24.4 Å². The fraction of sp³-hybridized carbons (Fsp3) is 0.529. The molecule has 0 heterocycles. The van der Waals surface area contributed by atoms with Crippen LogP contribution in [-0.2, 0) is 9.53 Å². The molecule has 1 fully saturated rings. The maximum atomic E-state index is 12.1. The monoisotopic (exact) mass is 319 g/mol. The minimum atomic E-state index is -0.231. The first kappa shape index (κ1) is 17.3. The van der Waals surface area contributed by atoms with Gasteiger partial charge >= 0.3 is 6.03 Å². The quantitative estimate of drug-likeness (QED) is 0.780. The Labute approximate surface area is 137 Å². The normalized spacial score (nSPS) is 20.6. The lowest BCUT2D eigenvalue weighted by atomic mass is 9.86. The molecule has 3 N–H and O–H groups in total. The van der Waals surface area contributed by atoms with Gasteiger partial charge in [0.25, 0.3) is 0 Å². The van der Waals surface area contributed by atoms with Gasteiger partial charge in [-0.25, -0.2) is 4.79 Å². The smallest absolute Gasteiger partial charge is 0.319 e. The summed E-state index contributed by atoms with van der Waals surface area (Å²) < 4.78 is 4.77. The Morgan fingerprint density at radius 1 is 1.17 bits per heavy atom. The lowest BCUT2D eigenvalue weighted by Gasteiger charge is -2.29. The van der Waals surface area contributed by atoms with E-state index in [2.05, 4.69) is 22.9 Å². The molecule has 2 rings (SSSR count). The third-order valence-corrected chi connectivity index (χ3v) is 4.11. The second-order valence-electron chi connectivity index (χ2n) is 6.03. The van der Waals surface area contributed by atoms with Crippen LogP contribution in [0.1, 0.15) is 32.6 Å². The molecule has 0 aromatic heterocycles. The van der Waals surface area contributed by atoms with Crippen LogP contribution < -0.4 is 16.0 Å². The number of carbonyl (C=O) groups is 2. The summed E-state index contributed by atoms with van der Waals surface area (Å²) in [6, 6.07) is 7.08. The number of anilines is 2. The van der Waals surface area contributed by atoms with Gasteiger partial charge in [-0.2, -0.15) is 0 Å². The van der Waals surface area contributed by atoms with Crippen molar-refractivity contribution in [2.45, 2.75) is 38.6 Å². The van der Waals surface area contributed by atoms with E-state index in [4.69, 9.17) is 4.74 Å². The molecule has 1 aliphatic carbocycles. The zero-order chi connectivity index (χ0) is 16.7. The number of hydrogen-bond acceptors (Lipinski definition) is 3. The van der Waals surface area contributed by atoms with Gasteiger partial charge in [-0.15, -0.1) is 0 Å². The second kappa shape index (κ2) is 8.53. The molecule has 6 heteroatoms. The van der Waals surface area contributed by atoms with Crippen LogP contribution in [0.25, 0.3) is 0 Å². The van der Waals surface area contributed by atoms with Crippen molar-refractivity contribution >= 4 is 23.3 Å². The summed E-state index contributed by atoms with van der Waals surface area (Å²) >= 11 is 0. The van der Waals surface area contributed by atoms with Gasteiger partial charge in [-0.3, -0.25) is 4.79 Å². The molecule has 0 saturated heterocycles. The number of methoxy groups -OCH3 is 1. The first-order valence-corrected chi connectivity index (χ1v) is 8.05. The Balaban J connectivity index is 1.89. The summed E-state index contributed by atoms with van der Waals surface area (Å²) in [5.41, 5.74) is 1.26. The van der Waals surface area contributed by atoms with Crippen LogP contribution in [0.4, 0.5) is 16.2 Å². The Morgan fingerprint density at radius 2 is 1.87 bits per heavy atom. The van der Waals surface area contributed by atoms with Gasteiger partial charge < -0.3 is 20.7 Å². The predicted molar refractivity (Wildman–Crippen MR) is 90.5 cm³/mol. The summed E-state index contributed by atoms with van der Waals surface area (Å²) in [6.45, 7) is 2.17. The number of rotatable bonds is 5. The molecule has 3 amide bonds. The number of carbonyl (C=O) groups excluding carboxylic acids is 2. The summed E-state index contributed by atoms with van der Waals surface area (Å²) in [5.74, 6) is 0.277. The number of urea groups is 1. The topological polar surface area (TPSA) is 79.5 Å². The Kier molecular flexibility index (Phi) is 6.40. The molecule has 0 bridgehead atoms. The molecule has 0 radical (unpaired) electrons. The lowest BCUT2D eigenvalue weighted by Crippen LogP contribution is -2.43. The molecule has 2 atom stereocenters. The van der Waals surface area contributed by atoms with Crippen LogP contribution in [0.5, 0.6) is 0 Å². The van der Waals surface area contributed by atoms with Gasteiger partial charge in [0.1, 0.15) is 6.61 Å². The number of hydrogen-bond donors (Lipinski definition) is 3. The molecule has 1 saturated carbocycles. The van der Waals surface area contributed by atoms with E-state index >= 15 is 0 Å². The van der Waals surface area contributed by atoms with Gasteiger partial charge in [-0.1, -0.05) is 25.8 Å². The van der Waals surface area contributed by atoms with Crippen molar-refractivity contribution in [1.29, 1.82) is 0 Å². The van der Waals surface area contributed by atoms with E-state index in [1.807, 2.05) is 0 Å². The van der Waals surface area contributed by atoms with Crippen molar-refractivity contribution in [1.82, 2.24) is 5.32 Å². The van der Waals surface area contributed by atoms with E-state index in [9.17, 15) is 9.59 Å². The second-order valence-corrected chi connectivity index (χ2v) is 6.03. The number of benzene rings is 1. The van der Waals surface area contributed by atoms with Crippen molar-refractivity contribution in [3.63, 3.8) is 0 Å². The molecule has 0 aliphatic heterocycles. The maximum Gasteiger partial charge on any atom is 0.319 e. The van der Waals surface area contributed by atoms with E-state index in [0.717, 1.165) is 19.3 Å².